The number of nitrogens with one attached hydrogen (secondary N) is 3. The number of nitrogens with zero attached hydrogens (tertiary/aromatic N) is 2. The number of ether oxygens (including phenoxy) is 3. The van der Waals surface area contributed by atoms with Gasteiger partial charge in [0.15, 0.2) is 23.9 Å². The fourth-order valence-corrected chi connectivity index (χ4v) is 3.62. The van der Waals surface area contributed by atoms with E-state index in [1.807, 2.05) is 45.0 Å². The van der Waals surface area contributed by atoms with Crippen LogP contribution in [0.5, 0.6) is 17.2 Å². The minimum Gasteiger partial charge on any atom is -0.496 e. The Hall–Kier alpha value is -3.24. The van der Waals surface area contributed by atoms with E-state index in [4.69, 9.17) is 38.0 Å². The molecule has 0 radical (unpaired) electrons. The first-order valence-electron chi connectivity index (χ1n) is 10.5. The second-order valence-corrected chi connectivity index (χ2v) is 9.20. The van der Waals surface area contributed by atoms with E-state index < -0.39 is 0 Å². The largest absolute Gasteiger partial charge is 0.496 e. The van der Waals surface area contributed by atoms with Crippen LogP contribution < -0.4 is 25.0 Å². The van der Waals surface area contributed by atoms with Gasteiger partial charge in [-0.2, -0.15) is 5.10 Å². The standard InChI is InChI=1S/C23H28ClN5O4S/c1-23(2,3)26-20(30)13-33-19-11-16(24)14(10-18(19)32-5)12-25-29-21(27-28-22(29)34)15-8-6-7-9-17(15)31-4/h6-11,25H,12-13H2,1-5H3,(H,26,30)(H,28,34). The Labute approximate surface area is 208 Å². The number of halogens is 1. The first-order valence-corrected chi connectivity index (χ1v) is 11.3. The summed E-state index contributed by atoms with van der Waals surface area (Å²) >= 11 is 11.9. The third kappa shape index (κ3) is 6.21. The Balaban J connectivity index is 1.78. The zero-order valence-electron chi connectivity index (χ0n) is 19.7. The van der Waals surface area contributed by atoms with Gasteiger partial charge in [-0.05, 0) is 56.8 Å². The monoisotopic (exact) mass is 505 g/mol. The van der Waals surface area contributed by atoms with Gasteiger partial charge in [-0.3, -0.25) is 4.79 Å². The zero-order valence-corrected chi connectivity index (χ0v) is 21.3. The molecule has 182 valence electrons. The van der Waals surface area contributed by atoms with E-state index in [1.54, 1.807) is 23.9 Å². The number of hydrogen-bond donors (Lipinski definition) is 3. The number of carbonyl (C=O) groups excluding carboxylic acids is 1. The van der Waals surface area contributed by atoms with Gasteiger partial charge < -0.3 is 25.0 Å². The van der Waals surface area contributed by atoms with Crippen LogP contribution in [0.4, 0.5) is 0 Å². The Kier molecular flexibility index (Phi) is 8.06. The number of aromatic amines is 1. The molecule has 9 nitrogen and oxygen atoms in total. The van der Waals surface area contributed by atoms with Crippen molar-refractivity contribution in [3.05, 3.63) is 51.8 Å². The lowest BCUT2D eigenvalue weighted by molar-refractivity contribution is -0.124. The molecule has 0 bridgehead atoms. The van der Waals surface area contributed by atoms with Crippen molar-refractivity contribution in [1.82, 2.24) is 20.2 Å². The van der Waals surface area contributed by atoms with Crippen molar-refractivity contribution in [2.45, 2.75) is 32.9 Å². The van der Waals surface area contributed by atoms with E-state index in [9.17, 15) is 4.79 Å². The van der Waals surface area contributed by atoms with Gasteiger partial charge in [0, 0.05) is 16.6 Å². The van der Waals surface area contributed by atoms with E-state index in [1.165, 1.54) is 7.11 Å². The van der Waals surface area contributed by atoms with Crippen LogP contribution in [-0.4, -0.2) is 47.1 Å². The van der Waals surface area contributed by atoms with E-state index in [0.717, 1.165) is 11.1 Å². The van der Waals surface area contributed by atoms with Crippen molar-refractivity contribution in [3.8, 4) is 28.6 Å². The van der Waals surface area contributed by atoms with Crippen LogP contribution in [0.3, 0.4) is 0 Å². The number of amides is 1. The SMILES string of the molecule is COc1cc(CNn2c(-c3ccccc3OC)n[nH]c2=S)c(Cl)cc1OCC(=O)NC(C)(C)C. The molecule has 0 saturated heterocycles. The predicted molar refractivity (Wildman–Crippen MR) is 134 cm³/mol. The molecule has 0 atom stereocenters. The zero-order chi connectivity index (χ0) is 24.9. The fraction of sp³-hybridized carbons (Fsp3) is 0.348. The van der Waals surface area contributed by atoms with Crippen LogP contribution in [0.1, 0.15) is 26.3 Å². The van der Waals surface area contributed by atoms with Crippen molar-refractivity contribution >= 4 is 29.7 Å². The number of rotatable bonds is 9. The number of aromatic nitrogens is 3. The number of H-pyrrole nitrogens is 1. The molecule has 1 aromatic heterocycles. The normalized spacial score (nSPS) is 11.1. The Morgan fingerprint density at radius 2 is 1.85 bits per heavy atom. The van der Waals surface area contributed by atoms with Crippen molar-refractivity contribution in [1.29, 1.82) is 0 Å². The van der Waals surface area contributed by atoms with Crippen molar-refractivity contribution in [3.63, 3.8) is 0 Å². The van der Waals surface area contributed by atoms with Gasteiger partial charge in [-0.15, -0.1) is 0 Å². The minimum atomic E-state index is -0.353. The van der Waals surface area contributed by atoms with E-state index in [2.05, 4.69) is 20.9 Å². The highest BCUT2D eigenvalue weighted by Gasteiger charge is 2.17. The van der Waals surface area contributed by atoms with Crippen LogP contribution in [0.2, 0.25) is 5.02 Å². The van der Waals surface area contributed by atoms with Crippen molar-refractivity contribution < 1.29 is 19.0 Å². The molecule has 34 heavy (non-hydrogen) atoms. The summed E-state index contributed by atoms with van der Waals surface area (Å²) in [6, 6.07) is 10.9. The molecule has 0 aliphatic rings. The summed E-state index contributed by atoms with van der Waals surface area (Å²) in [6.45, 7) is 5.85. The molecular weight excluding hydrogens is 478 g/mol. The van der Waals surface area contributed by atoms with Crippen LogP contribution >= 0.6 is 23.8 Å². The lowest BCUT2D eigenvalue weighted by Crippen LogP contribution is -2.43. The van der Waals surface area contributed by atoms with Gasteiger partial charge in [0.1, 0.15) is 5.75 Å². The number of hydrogen-bond acceptors (Lipinski definition) is 7. The molecule has 1 heterocycles. The maximum Gasteiger partial charge on any atom is 0.258 e. The summed E-state index contributed by atoms with van der Waals surface area (Å²) < 4.78 is 18.6. The second-order valence-electron chi connectivity index (χ2n) is 8.40. The molecule has 0 unspecified atom stereocenters. The van der Waals surface area contributed by atoms with Crippen LogP contribution in [0, 0.1) is 4.77 Å². The summed E-state index contributed by atoms with van der Waals surface area (Å²) in [4.78, 5) is 12.1. The van der Waals surface area contributed by atoms with Gasteiger partial charge in [-0.25, -0.2) is 9.77 Å². The summed E-state index contributed by atoms with van der Waals surface area (Å²) in [5.74, 6) is 1.81. The third-order valence-electron chi connectivity index (χ3n) is 4.65. The molecule has 0 aliphatic heterocycles. The first-order chi connectivity index (χ1) is 16.1. The fourth-order valence-electron chi connectivity index (χ4n) is 3.20. The number of carbonyl (C=O) groups is 1. The van der Waals surface area contributed by atoms with E-state index in [-0.39, 0.29) is 18.1 Å². The highest BCUT2D eigenvalue weighted by Crippen LogP contribution is 2.34. The van der Waals surface area contributed by atoms with E-state index >= 15 is 0 Å². The maximum atomic E-state index is 12.1. The molecule has 3 N–H and O–H groups in total. The second kappa shape index (κ2) is 10.8. The summed E-state index contributed by atoms with van der Waals surface area (Å²) in [5.41, 5.74) is 4.39. The van der Waals surface area contributed by atoms with Gasteiger partial charge in [0.25, 0.3) is 5.91 Å². The number of methoxy groups -OCH3 is 2. The van der Waals surface area contributed by atoms with E-state index in [0.29, 0.717) is 39.4 Å². The summed E-state index contributed by atoms with van der Waals surface area (Å²) in [7, 11) is 3.12. The highest BCUT2D eigenvalue weighted by atomic mass is 35.5. The van der Waals surface area contributed by atoms with Gasteiger partial charge in [-0.1, -0.05) is 23.7 Å². The molecule has 0 spiro atoms. The summed E-state index contributed by atoms with van der Waals surface area (Å²) in [5, 5.41) is 10.4. The molecule has 0 aliphatic carbocycles. The third-order valence-corrected chi connectivity index (χ3v) is 5.28. The molecule has 2 aromatic carbocycles. The lowest BCUT2D eigenvalue weighted by atomic mass is 10.1. The number of benzene rings is 2. The molecule has 0 fully saturated rings. The molecule has 3 rings (SSSR count). The molecule has 3 aromatic rings. The molecule has 0 saturated carbocycles. The minimum absolute atomic E-state index is 0.159. The average molecular weight is 506 g/mol. The quantitative estimate of drug-likeness (QED) is 0.372. The predicted octanol–water partition coefficient (Wildman–Crippen LogP) is 4.32. The summed E-state index contributed by atoms with van der Waals surface area (Å²) in [6.07, 6.45) is 0. The van der Waals surface area contributed by atoms with Crippen LogP contribution in [0.15, 0.2) is 36.4 Å². The molecular formula is C23H28ClN5O4S. The Bertz CT molecular complexity index is 1220. The maximum absolute atomic E-state index is 12.1. The van der Waals surface area contributed by atoms with Crippen molar-refractivity contribution in [2.24, 2.45) is 0 Å². The average Bonchev–Trinajstić information content (AvgIpc) is 3.15. The first kappa shape index (κ1) is 25.4. The van der Waals surface area contributed by atoms with Gasteiger partial charge >= 0.3 is 0 Å². The lowest BCUT2D eigenvalue weighted by Gasteiger charge is -2.21. The van der Waals surface area contributed by atoms with Gasteiger partial charge in [0.2, 0.25) is 4.77 Å². The smallest absolute Gasteiger partial charge is 0.258 e. The topological polar surface area (TPSA) is 102 Å². The number of para-hydroxylation sites is 1. The Morgan fingerprint density at radius 1 is 1.15 bits per heavy atom. The van der Waals surface area contributed by atoms with Crippen LogP contribution in [-0.2, 0) is 11.3 Å². The molecule has 11 heteroatoms. The van der Waals surface area contributed by atoms with Crippen LogP contribution in [0.25, 0.3) is 11.4 Å². The van der Waals surface area contributed by atoms with Gasteiger partial charge in [0.05, 0.1) is 26.3 Å². The van der Waals surface area contributed by atoms with Crippen molar-refractivity contribution in [2.75, 3.05) is 26.3 Å². The molecule has 1 amide bonds. The highest BCUT2D eigenvalue weighted by molar-refractivity contribution is 7.71. The Morgan fingerprint density at radius 3 is 2.53 bits per heavy atom.